The van der Waals surface area contributed by atoms with Crippen molar-refractivity contribution < 1.29 is 29.0 Å². The summed E-state index contributed by atoms with van der Waals surface area (Å²) in [5, 5.41) is 12.2. The number of carboxylic acid groups (broad SMARTS) is 1. The molecule has 0 bridgehead atoms. The first-order chi connectivity index (χ1) is 16.3. The lowest BCUT2D eigenvalue weighted by Gasteiger charge is -2.26. The van der Waals surface area contributed by atoms with Crippen molar-refractivity contribution in [3.8, 4) is 22.8 Å². The van der Waals surface area contributed by atoms with E-state index >= 15 is 0 Å². The van der Waals surface area contributed by atoms with Crippen molar-refractivity contribution in [1.29, 1.82) is 0 Å². The van der Waals surface area contributed by atoms with Gasteiger partial charge in [-0.2, -0.15) is 0 Å². The Morgan fingerprint density at radius 3 is 2.65 bits per heavy atom. The average molecular weight is 484 g/mol. The number of hydrogen-bond acceptors (Lipinski definition) is 5. The number of nitrogens with one attached hydrogen (secondary N) is 2. The molecule has 0 fully saturated rings. The van der Waals surface area contributed by atoms with Gasteiger partial charge >= 0.3 is 5.97 Å². The van der Waals surface area contributed by atoms with Crippen molar-refractivity contribution in [3.63, 3.8) is 0 Å². The van der Waals surface area contributed by atoms with Crippen molar-refractivity contribution in [2.24, 2.45) is 0 Å². The first-order valence-corrected chi connectivity index (χ1v) is 10.9. The second kappa shape index (κ2) is 9.88. The van der Waals surface area contributed by atoms with Crippen LogP contribution in [0.5, 0.6) is 11.5 Å². The quantitative estimate of drug-likeness (QED) is 0.449. The highest BCUT2D eigenvalue weighted by molar-refractivity contribution is 6.31. The lowest BCUT2D eigenvalue weighted by molar-refractivity contribution is -0.137. The van der Waals surface area contributed by atoms with Crippen LogP contribution in [-0.2, 0) is 20.8 Å². The molecule has 3 aromatic rings. The van der Waals surface area contributed by atoms with Crippen molar-refractivity contribution in [1.82, 2.24) is 4.68 Å². The van der Waals surface area contributed by atoms with Crippen LogP contribution in [-0.4, -0.2) is 40.8 Å². The van der Waals surface area contributed by atoms with Crippen LogP contribution < -0.4 is 20.2 Å². The Hall–Kier alpha value is -3.98. The Balaban J connectivity index is 1.54. The van der Waals surface area contributed by atoms with Gasteiger partial charge in [-0.25, -0.2) is 0 Å². The molecule has 176 valence electrons. The molecule has 10 heteroatoms. The van der Waals surface area contributed by atoms with Crippen LogP contribution in [0, 0.1) is 0 Å². The van der Waals surface area contributed by atoms with Crippen LogP contribution in [0.25, 0.3) is 11.3 Å². The lowest BCUT2D eigenvalue weighted by Crippen LogP contribution is -2.40. The van der Waals surface area contributed by atoms with Crippen LogP contribution >= 0.6 is 11.6 Å². The molecule has 2 aromatic carbocycles. The third-order valence-corrected chi connectivity index (χ3v) is 5.55. The number of aromatic nitrogens is 1. The molecular weight excluding hydrogens is 462 g/mol. The zero-order valence-corrected chi connectivity index (χ0v) is 19.0. The van der Waals surface area contributed by atoms with E-state index in [0.717, 1.165) is 5.56 Å². The molecule has 0 spiro atoms. The second-order valence-corrected chi connectivity index (χ2v) is 8.08. The number of carbonyl (C=O) groups is 3. The number of amides is 2. The van der Waals surface area contributed by atoms with Gasteiger partial charge in [-0.1, -0.05) is 11.6 Å². The Morgan fingerprint density at radius 1 is 1.18 bits per heavy atom. The summed E-state index contributed by atoms with van der Waals surface area (Å²) >= 11 is 5.95. The van der Waals surface area contributed by atoms with Gasteiger partial charge < -0.3 is 19.9 Å². The maximum absolute atomic E-state index is 12.9. The summed E-state index contributed by atoms with van der Waals surface area (Å²) in [5.74, 6) is -0.780. The number of hydrogen-bond donors (Lipinski definition) is 3. The molecule has 0 saturated carbocycles. The maximum atomic E-state index is 12.9. The minimum Gasteiger partial charge on any atom is -0.497 e. The molecule has 1 atom stereocenters. The predicted molar refractivity (Wildman–Crippen MR) is 126 cm³/mol. The molecule has 0 radical (unpaired) electrons. The van der Waals surface area contributed by atoms with E-state index in [1.165, 1.54) is 0 Å². The number of rotatable bonds is 8. The van der Waals surface area contributed by atoms with Crippen LogP contribution in [0.4, 0.5) is 5.69 Å². The molecule has 2 amide bonds. The number of carboxylic acids is 1. The fraction of sp³-hybridized carbons (Fsp3) is 0.208. The summed E-state index contributed by atoms with van der Waals surface area (Å²) in [6.45, 7) is 0. The number of aliphatic carboxylic acids is 1. The van der Waals surface area contributed by atoms with Gasteiger partial charge in [0.15, 0.2) is 6.10 Å². The van der Waals surface area contributed by atoms with E-state index < -0.39 is 23.9 Å². The van der Waals surface area contributed by atoms with Crippen LogP contribution in [0.3, 0.4) is 0 Å². The molecular formula is C24H22ClN3O6. The number of aryl methyl sites for hydroxylation is 1. The van der Waals surface area contributed by atoms with E-state index in [2.05, 4.69) is 10.7 Å². The van der Waals surface area contributed by atoms with Crippen molar-refractivity contribution in [2.45, 2.75) is 25.4 Å². The molecule has 9 nitrogen and oxygen atoms in total. The lowest BCUT2D eigenvalue weighted by atomic mass is 10.1. The highest BCUT2D eigenvalue weighted by atomic mass is 35.5. The average Bonchev–Trinajstić information content (AvgIpc) is 3.20. The molecule has 0 saturated heterocycles. The molecule has 4 rings (SSSR count). The topological polar surface area (TPSA) is 119 Å². The molecule has 0 unspecified atom stereocenters. The fourth-order valence-electron chi connectivity index (χ4n) is 3.62. The van der Waals surface area contributed by atoms with E-state index in [0.29, 0.717) is 33.6 Å². The number of carbonyl (C=O) groups excluding carboxylic acids is 2. The van der Waals surface area contributed by atoms with Crippen LogP contribution in [0.2, 0.25) is 5.02 Å². The summed E-state index contributed by atoms with van der Waals surface area (Å²) in [7, 11) is 1.57. The van der Waals surface area contributed by atoms with Crippen LogP contribution in [0.15, 0.2) is 54.6 Å². The first kappa shape index (κ1) is 23.2. The SMILES string of the molecule is COc1ccc(-c2ccc(CCC(=O)O)n2NC(=O)C[C@H]2Oc3ccc(Cl)cc3NC2=O)cc1. The van der Waals surface area contributed by atoms with E-state index in [9.17, 15) is 14.4 Å². The number of benzene rings is 2. The molecule has 34 heavy (non-hydrogen) atoms. The molecule has 0 aliphatic carbocycles. The number of halogens is 1. The summed E-state index contributed by atoms with van der Waals surface area (Å²) in [5.41, 5.74) is 5.28. The molecule has 3 N–H and O–H groups in total. The smallest absolute Gasteiger partial charge is 0.303 e. The van der Waals surface area contributed by atoms with Gasteiger partial charge in [-0.15, -0.1) is 0 Å². The molecule has 1 aliphatic heterocycles. The third-order valence-electron chi connectivity index (χ3n) is 5.31. The Morgan fingerprint density at radius 2 is 1.94 bits per heavy atom. The summed E-state index contributed by atoms with van der Waals surface area (Å²) < 4.78 is 12.4. The second-order valence-electron chi connectivity index (χ2n) is 7.64. The largest absolute Gasteiger partial charge is 0.497 e. The standard InChI is InChI=1S/C24H22ClN3O6/c1-33-17-7-2-14(3-8-17)19-9-5-16(6-11-23(30)31)28(19)27-22(29)13-21-24(32)26-18-12-15(25)4-10-20(18)34-21/h2-5,7-10,12,21H,6,11,13H2,1H3,(H,26,32)(H,27,29)(H,30,31)/t21-/m1/s1. The van der Waals surface area contributed by atoms with Gasteiger partial charge in [-0.3, -0.25) is 24.5 Å². The summed E-state index contributed by atoms with van der Waals surface area (Å²) in [6.07, 6.45) is -1.17. The van der Waals surface area contributed by atoms with E-state index in [-0.39, 0.29) is 19.3 Å². The monoisotopic (exact) mass is 483 g/mol. The van der Waals surface area contributed by atoms with Gasteiger partial charge in [0.05, 0.1) is 31.3 Å². The van der Waals surface area contributed by atoms with Crippen molar-refractivity contribution >= 4 is 35.1 Å². The normalized spacial score (nSPS) is 14.5. The number of ether oxygens (including phenoxy) is 2. The highest BCUT2D eigenvalue weighted by Crippen LogP contribution is 2.33. The predicted octanol–water partition coefficient (Wildman–Crippen LogP) is 3.69. The van der Waals surface area contributed by atoms with Gasteiger partial charge in [0.25, 0.3) is 5.91 Å². The molecule has 2 heterocycles. The summed E-state index contributed by atoms with van der Waals surface area (Å²) in [6, 6.07) is 15.6. The van der Waals surface area contributed by atoms with Gasteiger partial charge in [0.1, 0.15) is 11.5 Å². The van der Waals surface area contributed by atoms with Crippen molar-refractivity contribution in [3.05, 3.63) is 65.3 Å². The van der Waals surface area contributed by atoms with E-state index in [1.54, 1.807) is 54.3 Å². The Labute approximate surface area is 200 Å². The minimum absolute atomic E-state index is 0.102. The van der Waals surface area contributed by atoms with Crippen LogP contribution in [0.1, 0.15) is 18.5 Å². The Bertz CT molecular complexity index is 1240. The first-order valence-electron chi connectivity index (χ1n) is 10.5. The van der Waals surface area contributed by atoms with Gasteiger partial charge in [0.2, 0.25) is 5.91 Å². The summed E-state index contributed by atoms with van der Waals surface area (Å²) in [4.78, 5) is 36.5. The Kier molecular flexibility index (Phi) is 6.74. The number of fused-ring (bicyclic) bond motifs is 1. The zero-order chi connectivity index (χ0) is 24.2. The fourth-order valence-corrected chi connectivity index (χ4v) is 3.80. The number of anilines is 1. The van der Waals surface area contributed by atoms with E-state index in [4.69, 9.17) is 26.2 Å². The molecule has 1 aliphatic rings. The highest BCUT2D eigenvalue weighted by Gasteiger charge is 2.30. The number of methoxy groups -OCH3 is 1. The van der Waals surface area contributed by atoms with Gasteiger partial charge in [0, 0.05) is 22.7 Å². The third kappa shape index (κ3) is 5.15. The maximum Gasteiger partial charge on any atom is 0.303 e. The molecule has 1 aromatic heterocycles. The van der Waals surface area contributed by atoms with Gasteiger partial charge in [-0.05, 0) is 54.6 Å². The van der Waals surface area contributed by atoms with Crippen molar-refractivity contribution in [2.75, 3.05) is 17.9 Å². The van der Waals surface area contributed by atoms with E-state index in [1.807, 2.05) is 12.1 Å². The zero-order valence-electron chi connectivity index (χ0n) is 18.2. The minimum atomic E-state index is -1.03. The number of nitrogens with zero attached hydrogens (tertiary/aromatic N) is 1.